The summed E-state index contributed by atoms with van der Waals surface area (Å²) in [5, 5.41) is 4.40. The van der Waals surface area contributed by atoms with E-state index in [0.29, 0.717) is 16.4 Å². The van der Waals surface area contributed by atoms with Crippen molar-refractivity contribution in [3.8, 4) is 0 Å². The van der Waals surface area contributed by atoms with Crippen molar-refractivity contribution >= 4 is 34.0 Å². The van der Waals surface area contributed by atoms with Crippen LogP contribution >= 0.6 is 11.6 Å². The van der Waals surface area contributed by atoms with Crippen molar-refractivity contribution in [2.24, 2.45) is 0 Å². The minimum Gasteiger partial charge on any atom is -0.451 e. The van der Waals surface area contributed by atoms with Gasteiger partial charge in [0.05, 0.1) is 11.6 Å². The second-order valence-corrected chi connectivity index (χ2v) is 4.82. The smallest absolute Gasteiger partial charge is 0.216 e. The van der Waals surface area contributed by atoms with E-state index >= 15 is 0 Å². The molecule has 0 saturated heterocycles. The maximum atomic E-state index is 12.1. The number of rotatable bonds is 4. The molecule has 1 aromatic heterocycles. The zero-order valence-corrected chi connectivity index (χ0v) is 11.4. The van der Waals surface area contributed by atoms with Gasteiger partial charge in [-0.3, -0.25) is 4.79 Å². The van der Waals surface area contributed by atoms with Crippen molar-refractivity contribution in [3.63, 3.8) is 0 Å². The van der Waals surface area contributed by atoms with Gasteiger partial charge in [-0.2, -0.15) is 0 Å². The maximum Gasteiger partial charge on any atom is 0.216 e. The van der Waals surface area contributed by atoms with Crippen molar-refractivity contribution < 1.29 is 9.21 Å². The van der Waals surface area contributed by atoms with Gasteiger partial charge in [0.25, 0.3) is 0 Å². The molecule has 1 N–H and O–H groups in total. The Morgan fingerprint density at radius 3 is 2.65 bits per heavy atom. The van der Waals surface area contributed by atoms with Gasteiger partial charge in [-0.15, -0.1) is 0 Å². The van der Waals surface area contributed by atoms with Crippen LogP contribution in [0.4, 0.5) is 5.69 Å². The third kappa shape index (κ3) is 2.53. The number of anilines is 1. The predicted molar refractivity (Wildman–Crippen MR) is 80.5 cm³/mol. The SMILES string of the molecule is O=C(CNc1ccccc1)c1cc2cccc(Cl)c2o1. The lowest BCUT2D eigenvalue weighted by atomic mass is 10.2. The molecule has 0 aliphatic heterocycles. The van der Waals surface area contributed by atoms with Gasteiger partial charge in [0.1, 0.15) is 0 Å². The number of carbonyl (C=O) groups is 1. The molecule has 0 fully saturated rings. The first kappa shape index (κ1) is 12.8. The molecule has 1 heterocycles. The predicted octanol–water partition coefficient (Wildman–Crippen LogP) is 4.38. The Labute approximate surface area is 121 Å². The molecule has 3 nitrogen and oxygen atoms in total. The molecule has 0 bridgehead atoms. The van der Waals surface area contributed by atoms with E-state index in [1.54, 1.807) is 12.1 Å². The van der Waals surface area contributed by atoms with Crippen molar-refractivity contribution in [2.45, 2.75) is 0 Å². The molecule has 0 radical (unpaired) electrons. The van der Waals surface area contributed by atoms with Crippen LogP contribution in [0.1, 0.15) is 10.6 Å². The molecule has 2 aromatic carbocycles. The molecule has 20 heavy (non-hydrogen) atoms. The number of fused-ring (bicyclic) bond motifs is 1. The highest BCUT2D eigenvalue weighted by Gasteiger charge is 2.13. The number of carbonyl (C=O) groups excluding carboxylic acids is 1. The van der Waals surface area contributed by atoms with Crippen molar-refractivity contribution in [3.05, 3.63) is 65.4 Å². The Balaban J connectivity index is 1.77. The van der Waals surface area contributed by atoms with Crippen LogP contribution < -0.4 is 5.32 Å². The summed E-state index contributed by atoms with van der Waals surface area (Å²) in [6, 6.07) is 16.7. The molecule has 0 spiro atoms. The van der Waals surface area contributed by atoms with Crippen LogP contribution in [0.5, 0.6) is 0 Å². The number of benzene rings is 2. The van der Waals surface area contributed by atoms with Gasteiger partial charge in [0.15, 0.2) is 11.3 Å². The molecular weight excluding hydrogens is 274 g/mol. The van der Waals surface area contributed by atoms with E-state index in [1.807, 2.05) is 42.5 Å². The van der Waals surface area contributed by atoms with E-state index in [4.69, 9.17) is 16.0 Å². The first-order valence-electron chi connectivity index (χ1n) is 6.24. The summed E-state index contributed by atoms with van der Waals surface area (Å²) in [4.78, 5) is 12.1. The van der Waals surface area contributed by atoms with Crippen LogP contribution in [0, 0.1) is 0 Å². The Kier molecular flexibility index (Phi) is 3.44. The zero-order valence-electron chi connectivity index (χ0n) is 10.6. The second kappa shape index (κ2) is 5.39. The summed E-state index contributed by atoms with van der Waals surface area (Å²) in [5.41, 5.74) is 1.45. The molecule has 3 rings (SSSR count). The minimum atomic E-state index is -0.110. The largest absolute Gasteiger partial charge is 0.451 e. The van der Waals surface area contributed by atoms with E-state index in [2.05, 4.69) is 5.32 Å². The standard InChI is InChI=1S/C16H12ClNO2/c17-13-8-4-5-11-9-15(20-16(11)13)14(19)10-18-12-6-2-1-3-7-12/h1-9,18H,10H2. The minimum absolute atomic E-state index is 0.110. The summed E-state index contributed by atoms with van der Waals surface area (Å²) >= 11 is 6.03. The van der Waals surface area contributed by atoms with Gasteiger partial charge in [-0.05, 0) is 24.3 Å². The molecule has 3 aromatic rings. The van der Waals surface area contributed by atoms with Crippen molar-refractivity contribution in [2.75, 3.05) is 11.9 Å². The number of nitrogens with one attached hydrogen (secondary N) is 1. The maximum absolute atomic E-state index is 12.1. The number of halogens is 1. The van der Waals surface area contributed by atoms with E-state index in [1.165, 1.54) is 0 Å². The van der Waals surface area contributed by atoms with Gasteiger partial charge >= 0.3 is 0 Å². The topological polar surface area (TPSA) is 42.2 Å². The lowest BCUT2D eigenvalue weighted by Gasteiger charge is -2.03. The van der Waals surface area contributed by atoms with Gasteiger partial charge in [0.2, 0.25) is 5.78 Å². The van der Waals surface area contributed by atoms with Crippen LogP contribution in [0.25, 0.3) is 11.0 Å². The lowest BCUT2D eigenvalue weighted by Crippen LogP contribution is -2.13. The van der Waals surface area contributed by atoms with Crippen LogP contribution in [0.3, 0.4) is 0 Å². The molecule has 0 atom stereocenters. The van der Waals surface area contributed by atoms with Gasteiger partial charge in [-0.1, -0.05) is 41.9 Å². The van der Waals surface area contributed by atoms with Gasteiger partial charge in [-0.25, -0.2) is 0 Å². The Morgan fingerprint density at radius 2 is 1.90 bits per heavy atom. The first-order chi connectivity index (χ1) is 9.74. The molecule has 4 heteroatoms. The first-order valence-corrected chi connectivity index (χ1v) is 6.62. The highest BCUT2D eigenvalue weighted by atomic mass is 35.5. The van der Waals surface area contributed by atoms with Crippen molar-refractivity contribution in [1.82, 2.24) is 0 Å². The Hall–Kier alpha value is -2.26. The van der Waals surface area contributed by atoms with E-state index in [0.717, 1.165) is 11.1 Å². The lowest BCUT2D eigenvalue weighted by molar-refractivity contribution is 0.0982. The quantitative estimate of drug-likeness (QED) is 0.723. The Morgan fingerprint density at radius 1 is 1.10 bits per heavy atom. The van der Waals surface area contributed by atoms with E-state index in [-0.39, 0.29) is 12.3 Å². The summed E-state index contributed by atoms with van der Waals surface area (Å²) in [7, 11) is 0. The highest BCUT2D eigenvalue weighted by molar-refractivity contribution is 6.34. The van der Waals surface area contributed by atoms with Crippen LogP contribution in [-0.4, -0.2) is 12.3 Å². The number of hydrogen-bond acceptors (Lipinski definition) is 3. The molecule has 0 amide bonds. The van der Waals surface area contributed by atoms with Crippen LogP contribution in [-0.2, 0) is 0 Å². The zero-order chi connectivity index (χ0) is 13.9. The average molecular weight is 286 g/mol. The fourth-order valence-electron chi connectivity index (χ4n) is 1.99. The van der Waals surface area contributed by atoms with Crippen molar-refractivity contribution in [1.29, 1.82) is 0 Å². The fraction of sp³-hybridized carbons (Fsp3) is 0.0625. The molecule has 0 aliphatic rings. The van der Waals surface area contributed by atoms with Gasteiger partial charge < -0.3 is 9.73 Å². The average Bonchev–Trinajstić information content (AvgIpc) is 2.91. The number of Topliss-reactive ketones (excluding diaryl/α,β-unsaturated/α-hetero) is 1. The monoisotopic (exact) mass is 285 g/mol. The number of para-hydroxylation sites is 2. The van der Waals surface area contributed by atoms with Gasteiger partial charge in [0, 0.05) is 11.1 Å². The molecule has 0 aliphatic carbocycles. The summed E-state index contributed by atoms with van der Waals surface area (Å²) in [6.07, 6.45) is 0. The number of furan rings is 1. The normalized spacial score (nSPS) is 10.7. The van der Waals surface area contributed by atoms with E-state index in [9.17, 15) is 4.79 Å². The van der Waals surface area contributed by atoms with Crippen LogP contribution in [0.2, 0.25) is 5.02 Å². The summed E-state index contributed by atoms with van der Waals surface area (Å²) < 4.78 is 5.53. The fourth-order valence-corrected chi connectivity index (χ4v) is 2.21. The van der Waals surface area contributed by atoms with Crippen LogP contribution in [0.15, 0.2) is 59.0 Å². The van der Waals surface area contributed by atoms with E-state index < -0.39 is 0 Å². The number of hydrogen-bond donors (Lipinski definition) is 1. The highest BCUT2D eigenvalue weighted by Crippen LogP contribution is 2.26. The number of ketones is 1. The molecule has 100 valence electrons. The Bertz CT molecular complexity index is 750. The molecule has 0 unspecified atom stereocenters. The second-order valence-electron chi connectivity index (χ2n) is 4.41. The summed E-state index contributed by atoms with van der Waals surface area (Å²) in [5.74, 6) is 0.206. The third-order valence-electron chi connectivity index (χ3n) is 3.00. The molecular formula is C16H12ClNO2. The third-order valence-corrected chi connectivity index (χ3v) is 3.30. The summed E-state index contributed by atoms with van der Waals surface area (Å²) in [6.45, 7) is 0.182. The molecule has 0 saturated carbocycles.